The third-order valence-electron chi connectivity index (χ3n) is 16.4. The van der Waals surface area contributed by atoms with Gasteiger partial charge in [0.25, 0.3) is 0 Å². The van der Waals surface area contributed by atoms with E-state index < -0.39 is 145 Å². The highest BCUT2D eigenvalue weighted by atomic mass is 16.3. The summed E-state index contributed by atoms with van der Waals surface area (Å²) in [6.07, 6.45) is 17.3. The van der Waals surface area contributed by atoms with Crippen molar-refractivity contribution in [3.05, 3.63) is 18.2 Å². The smallest absolute Gasteiger partial charge is 0.226 e. The molecule has 0 radical (unpaired) electrons. The molecule has 1 rings (SSSR count). The monoisotopic (exact) mass is 1240 g/mol. The molecular weight excluding hydrogens is 1130 g/mol. The summed E-state index contributed by atoms with van der Waals surface area (Å²) in [7, 11) is 0. The Morgan fingerprint density at radius 3 is 1.53 bits per heavy atom. The van der Waals surface area contributed by atoms with Crippen LogP contribution in [-0.4, -0.2) is 129 Å². The molecule has 1 aromatic rings. The van der Waals surface area contributed by atoms with Crippen LogP contribution in [0.4, 0.5) is 0 Å². The van der Waals surface area contributed by atoms with E-state index in [0.29, 0.717) is 31.4 Å². The maximum atomic E-state index is 14.5. The van der Waals surface area contributed by atoms with Crippen LogP contribution < -0.4 is 55.7 Å². The van der Waals surface area contributed by atoms with Gasteiger partial charge in [-0.05, 0) is 56.3 Å². The van der Waals surface area contributed by atoms with Crippen LogP contribution in [-0.2, 0) is 54.4 Å². The number of carbonyl (C=O) groups excluding carboxylic acids is 10. The lowest BCUT2D eigenvalue weighted by Gasteiger charge is -2.29. The highest BCUT2D eigenvalue weighted by Crippen LogP contribution is 2.25. The van der Waals surface area contributed by atoms with Gasteiger partial charge in [0.2, 0.25) is 35.4 Å². The molecular formula is C63H112N14O11. The third kappa shape index (κ3) is 34.1. The van der Waals surface area contributed by atoms with Gasteiger partial charge in [0.1, 0.15) is 0 Å². The molecule has 0 spiro atoms. The second kappa shape index (κ2) is 45.5. The summed E-state index contributed by atoms with van der Waals surface area (Å²) in [6, 6.07) is -4.86. The summed E-state index contributed by atoms with van der Waals surface area (Å²) in [5.41, 5.74) is 34.1. The number of guanidine groups is 2. The average molecular weight is 1240 g/mol. The molecule has 0 saturated carbocycles. The van der Waals surface area contributed by atoms with Crippen LogP contribution in [0.5, 0.6) is 0 Å². The molecule has 0 aromatic carbocycles. The number of aromatic amines is 1. The van der Waals surface area contributed by atoms with E-state index in [-0.39, 0.29) is 81.8 Å². The van der Waals surface area contributed by atoms with Crippen molar-refractivity contribution in [2.75, 3.05) is 19.7 Å². The summed E-state index contributed by atoms with van der Waals surface area (Å²) in [6.45, 7) is 12.5. The molecule has 1 aromatic heterocycles. The van der Waals surface area contributed by atoms with E-state index in [9.17, 15) is 53.1 Å². The van der Waals surface area contributed by atoms with Gasteiger partial charge in [-0.1, -0.05) is 138 Å². The number of imidazole rings is 1. The number of nitrogens with two attached hydrogens (primary N) is 6. The first-order valence-corrected chi connectivity index (χ1v) is 32.4. The van der Waals surface area contributed by atoms with Gasteiger partial charge in [-0.25, -0.2) is 4.98 Å². The number of unbranched alkanes of at least 4 members (excludes halogenated alkanes) is 12. The molecule has 0 fully saturated rings. The number of aromatic nitrogens is 2. The number of rotatable bonds is 53. The van der Waals surface area contributed by atoms with E-state index in [1.807, 2.05) is 27.7 Å². The Kier molecular flexibility index (Phi) is 40.9. The second-order valence-corrected chi connectivity index (χ2v) is 24.4. The van der Waals surface area contributed by atoms with Crippen LogP contribution >= 0.6 is 0 Å². The van der Waals surface area contributed by atoms with E-state index in [1.165, 1.54) is 63.9 Å². The lowest BCUT2D eigenvalue weighted by molar-refractivity contribution is -0.137. The fraction of sp³-hybridized carbons (Fsp3) is 0.762. The number of nitrogens with zero attached hydrogens (tertiary/aromatic N) is 3. The zero-order valence-electron chi connectivity index (χ0n) is 54.1. The molecule has 25 heteroatoms. The summed E-state index contributed by atoms with van der Waals surface area (Å²) in [4.78, 5) is 153. The summed E-state index contributed by atoms with van der Waals surface area (Å²) in [5.74, 6) is -12.4. The molecule has 0 saturated heterocycles. The van der Waals surface area contributed by atoms with Gasteiger partial charge in [-0.15, -0.1) is 0 Å². The van der Waals surface area contributed by atoms with Crippen molar-refractivity contribution in [1.29, 1.82) is 0 Å². The number of nitrogens with one attached hydrogen (secondary N) is 5. The Balaban J connectivity index is 3.35. The zero-order chi connectivity index (χ0) is 66.1. The highest BCUT2D eigenvalue weighted by Gasteiger charge is 2.38. The van der Waals surface area contributed by atoms with Crippen LogP contribution in [0, 0.1) is 41.4 Å². The number of primary amides is 2. The van der Waals surface area contributed by atoms with E-state index in [0.717, 1.165) is 25.7 Å². The van der Waals surface area contributed by atoms with E-state index in [2.05, 4.69) is 48.1 Å². The third-order valence-corrected chi connectivity index (χ3v) is 16.4. The van der Waals surface area contributed by atoms with Crippen molar-refractivity contribution in [2.24, 2.45) is 85.8 Å². The number of aliphatic imine (C=N–C) groups is 2. The fourth-order valence-corrected chi connectivity index (χ4v) is 10.6. The van der Waals surface area contributed by atoms with Crippen molar-refractivity contribution in [2.45, 2.75) is 246 Å². The molecule has 25 nitrogen and oxygen atoms in total. The Morgan fingerprint density at radius 1 is 0.534 bits per heavy atom. The van der Waals surface area contributed by atoms with Crippen LogP contribution in [0.15, 0.2) is 22.5 Å². The topological polar surface area (TPSA) is 449 Å². The second-order valence-electron chi connectivity index (χ2n) is 24.4. The molecule has 18 N–H and O–H groups in total. The average Bonchev–Trinajstić information content (AvgIpc) is 3.32. The minimum atomic E-state index is -1.56. The highest BCUT2D eigenvalue weighted by molar-refractivity contribution is 5.99. The van der Waals surface area contributed by atoms with Gasteiger partial charge >= 0.3 is 0 Å². The van der Waals surface area contributed by atoms with Crippen molar-refractivity contribution in [3.8, 4) is 0 Å². The van der Waals surface area contributed by atoms with Crippen molar-refractivity contribution in [3.63, 3.8) is 0 Å². The molecule has 10 atom stereocenters. The van der Waals surface area contributed by atoms with E-state index >= 15 is 0 Å². The first-order chi connectivity index (χ1) is 41.8. The molecule has 0 unspecified atom stereocenters. The standard InChI is InChI=1S/C63H112N14O11/c1-8-11-12-13-14-15-16-17-18-19-20-21-22-27-56(84)74-48(26-24-29-72-63(68)69)51(79)34-45(38-78)60(87)75-49(30-40(4)5)52(80)32-43(25-23-28-71-62(66)67)59(86)76-50(36-55(64)83)53(81)35-47(41(6)9-2)61(88)77-57(42(7)10-3)54(82)33-44(58(65)85)31-46-37-70-39-73-46/h37,39-45,47-50,57,78H,8-36,38H2,1-7H3,(H2,64,83)(H2,65,85)(H,70,73)(H,74,84)(H,75,87)(H,76,86)(H,77,88)(H4,66,67,71)(H4,68,69,72)/t41-,42-,43+,44+,45-,47-,48-,49-,50-,57-/m0/s1. The Hall–Kier alpha value is -6.79. The first-order valence-electron chi connectivity index (χ1n) is 32.4. The summed E-state index contributed by atoms with van der Waals surface area (Å²) < 4.78 is 0. The largest absolute Gasteiger partial charge is 0.396 e. The van der Waals surface area contributed by atoms with E-state index in [1.54, 1.807) is 13.8 Å². The fourth-order valence-electron chi connectivity index (χ4n) is 10.6. The van der Waals surface area contributed by atoms with Gasteiger partial charge in [0, 0.05) is 75.3 Å². The summed E-state index contributed by atoms with van der Waals surface area (Å²) in [5, 5.41) is 21.6. The number of aliphatic hydroxyl groups excluding tert-OH is 1. The minimum Gasteiger partial charge on any atom is -0.396 e. The summed E-state index contributed by atoms with van der Waals surface area (Å²) >= 11 is 0. The quantitative estimate of drug-likeness (QED) is 0.0246. The Labute approximate surface area is 522 Å². The maximum absolute atomic E-state index is 14.5. The van der Waals surface area contributed by atoms with Crippen LogP contribution in [0.2, 0.25) is 0 Å². The predicted molar refractivity (Wildman–Crippen MR) is 341 cm³/mol. The lowest BCUT2D eigenvalue weighted by Crippen LogP contribution is -2.51. The number of amides is 6. The number of Topliss-reactive ketones (excluding diaryl/α,β-unsaturated/α-hetero) is 4. The number of carbonyl (C=O) groups is 10. The molecule has 0 aliphatic rings. The number of aliphatic hydroxyl groups is 1. The molecule has 500 valence electrons. The molecule has 0 aliphatic carbocycles. The van der Waals surface area contributed by atoms with Gasteiger partial charge in [0.15, 0.2) is 35.1 Å². The molecule has 1 heterocycles. The van der Waals surface area contributed by atoms with Crippen LogP contribution in [0.3, 0.4) is 0 Å². The van der Waals surface area contributed by atoms with Crippen molar-refractivity contribution >= 4 is 70.5 Å². The molecule has 0 bridgehead atoms. The van der Waals surface area contributed by atoms with Crippen LogP contribution in [0.25, 0.3) is 0 Å². The van der Waals surface area contributed by atoms with Crippen molar-refractivity contribution < 1.29 is 53.1 Å². The zero-order valence-corrected chi connectivity index (χ0v) is 54.1. The molecule has 88 heavy (non-hydrogen) atoms. The van der Waals surface area contributed by atoms with Gasteiger partial charge in [0.05, 0.1) is 55.4 Å². The number of hydrogen-bond acceptors (Lipinski definition) is 14. The first kappa shape index (κ1) is 79.2. The number of hydrogen-bond donors (Lipinski definition) is 12. The number of H-pyrrole nitrogens is 1. The maximum Gasteiger partial charge on any atom is 0.226 e. The number of ketones is 4. The molecule has 6 amide bonds. The van der Waals surface area contributed by atoms with Gasteiger partial charge < -0.3 is 65.8 Å². The van der Waals surface area contributed by atoms with Gasteiger partial charge in [-0.2, -0.15) is 0 Å². The normalized spacial score (nSPS) is 14.7. The Bertz CT molecular complexity index is 2340. The van der Waals surface area contributed by atoms with Gasteiger partial charge in [-0.3, -0.25) is 57.9 Å². The van der Waals surface area contributed by atoms with Crippen molar-refractivity contribution in [1.82, 2.24) is 31.2 Å². The predicted octanol–water partition coefficient (Wildman–Crippen LogP) is 4.27. The lowest BCUT2D eigenvalue weighted by atomic mass is 9.83. The SMILES string of the molecule is CCCCCCCCCCCCCCCC(=O)N[C@@H](CCCN=C(N)N)C(=O)C[C@@H](CO)C(=O)N[C@@H](CC(C)C)C(=O)C[C@@H](CCCN=C(N)N)C(=O)N[C@@H](CC(N)=O)C(=O)C[C@H](C(=O)N[C@H](C(=O)C[C@@H](Cc1cnc[nH]1)C(N)=O)[C@@H](C)CC)[C@@H](C)CC. The molecule has 0 aliphatic heterocycles. The van der Waals surface area contributed by atoms with E-state index in [4.69, 9.17) is 34.4 Å². The Morgan fingerprint density at radius 2 is 1.03 bits per heavy atom. The van der Waals surface area contributed by atoms with Crippen LogP contribution in [0.1, 0.15) is 221 Å². The minimum absolute atomic E-state index is 0.0149.